The Kier molecular flexibility index (Phi) is 4.40. The number of alkyl halides is 2. The van der Waals surface area contributed by atoms with E-state index in [9.17, 15) is 23.5 Å². The van der Waals surface area contributed by atoms with Gasteiger partial charge in [-0.1, -0.05) is 13.0 Å². The van der Waals surface area contributed by atoms with E-state index in [1.807, 2.05) is 0 Å². The van der Waals surface area contributed by atoms with E-state index >= 15 is 0 Å². The Balaban J connectivity index is 2.21. The smallest absolute Gasteiger partial charge is 0.387 e. The van der Waals surface area contributed by atoms with Gasteiger partial charge in [-0.15, -0.1) is 0 Å². The third-order valence-electron chi connectivity index (χ3n) is 3.52. The second kappa shape index (κ2) is 6.07. The van der Waals surface area contributed by atoms with Crippen LogP contribution < -0.4 is 4.74 Å². The first-order chi connectivity index (χ1) is 9.90. The molecule has 2 unspecified atom stereocenters. The molecule has 0 radical (unpaired) electrons. The fourth-order valence-corrected chi connectivity index (χ4v) is 2.52. The molecule has 0 saturated carbocycles. The van der Waals surface area contributed by atoms with Gasteiger partial charge in [0, 0.05) is 12.1 Å². The molecule has 0 bridgehead atoms. The number of aliphatic carboxylic acids is 1. The van der Waals surface area contributed by atoms with Crippen LogP contribution in [0.5, 0.6) is 5.75 Å². The summed E-state index contributed by atoms with van der Waals surface area (Å²) in [5, 5.41) is 9.21. The van der Waals surface area contributed by atoms with Gasteiger partial charge in [0.15, 0.2) is 0 Å². The molecule has 1 aromatic rings. The van der Waals surface area contributed by atoms with E-state index in [1.54, 1.807) is 6.92 Å². The molecule has 1 amide bonds. The predicted molar refractivity (Wildman–Crippen MR) is 69.3 cm³/mol. The van der Waals surface area contributed by atoms with Crippen molar-refractivity contribution in [2.75, 3.05) is 6.54 Å². The number of benzene rings is 1. The summed E-state index contributed by atoms with van der Waals surface area (Å²) in [5.41, 5.74) is 0.133. The number of carboxylic acids is 1. The average Bonchev–Trinajstić information content (AvgIpc) is 2.79. The summed E-state index contributed by atoms with van der Waals surface area (Å²) < 4.78 is 28.6. The minimum Gasteiger partial charge on any atom is -0.480 e. The molecule has 0 spiro atoms. The zero-order valence-electron chi connectivity index (χ0n) is 11.3. The predicted octanol–water partition coefficient (Wildman–Crippen LogP) is 2.22. The first-order valence-corrected chi connectivity index (χ1v) is 6.49. The first-order valence-electron chi connectivity index (χ1n) is 6.49. The number of likely N-dealkylation sites (tertiary alicyclic amines) is 1. The quantitative estimate of drug-likeness (QED) is 0.925. The number of hydrogen-bond donors (Lipinski definition) is 1. The Bertz CT molecular complexity index is 550. The van der Waals surface area contributed by atoms with E-state index in [1.165, 1.54) is 29.2 Å². The molecule has 114 valence electrons. The second-order valence-corrected chi connectivity index (χ2v) is 4.95. The monoisotopic (exact) mass is 299 g/mol. The number of nitrogens with zero attached hydrogens (tertiary/aromatic N) is 1. The number of hydrogen-bond acceptors (Lipinski definition) is 3. The van der Waals surface area contributed by atoms with Crippen molar-refractivity contribution in [2.24, 2.45) is 5.92 Å². The minimum atomic E-state index is -2.98. The maximum atomic E-state index is 12.4. The van der Waals surface area contributed by atoms with E-state index in [2.05, 4.69) is 4.74 Å². The third kappa shape index (κ3) is 3.29. The lowest BCUT2D eigenvalue weighted by Crippen LogP contribution is -2.42. The number of carbonyl (C=O) groups is 2. The van der Waals surface area contributed by atoms with Crippen LogP contribution in [-0.4, -0.2) is 41.1 Å². The van der Waals surface area contributed by atoms with E-state index in [-0.39, 0.29) is 17.2 Å². The Morgan fingerprint density at radius 3 is 2.76 bits per heavy atom. The lowest BCUT2D eigenvalue weighted by molar-refractivity contribution is -0.142. The molecule has 1 saturated heterocycles. The molecular weight excluding hydrogens is 284 g/mol. The molecule has 5 nitrogen and oxygen atoms in total. The summed E-state index contributed by atoms with van der Waals surface area (Å²) in [6.45, 7) is -0.881. The highest BCUT2D eigenvalue weighted by Gasteiger charge is 2.39. The molecule has 2 rings (SSSR count). The van der Waals surface area contributed by atoms with Crippen molar-refractivity contribution < 1.29 is 28.2 Å². The van der Waals surface area contributed by atoms with Gasteiger partial charge in [-0.3, -0.25) is 4.79 Å². The van der Waals surface area contributed by atoms with Gasteiger partial charge in [0.2, 0.25) is 0 Å². The van der Waals surface area contributed by atoms with Gasteiger partial charge in [-0.2, -0.15) is 8.78 Å². The van der Waals surface area contributed by atoms with E-state index < -0.39 is 24.5 Å². The van der Waals surface area contributed by atoms with E-state index in [0.717, 1.165) is 0 Å². The van der Waals surface area contributed by atoms with E-state index in [4.69, 9.17) is 0 Å². The Morgan fingerprint density at radius 1 is 1.43 bits per heavy atom. The molecule has 7 heteroatoms. The van der Waals surface area contributed by atoms with Crippen molar-refractivity contribution in [3.05, 3.63) is 29.8 Å². The summed E-state index contributed by atoms with van der Waals surface area (Å²) >= 11 is 0. The molecule has 1 fully saturated rings. The van der Waals surface area contributed by atoms with Crippen molar-refractivity contribution in [1.29, 1.82) is 0 Å². The number of amides is 1. The van der Waals surface area contributed by atoms with Crippen LogP contribution in [0.2, 0.25) is 0 Å². The van der Waals surface area contributed by atoms with Gasteiger partial charge in [-0.05, 0) is 30.5 Å². The van der Waals surface area contributed by atoms with Crippen LogP contribution >= 0.6 is 0 Å². The highest BCUT2D eigenvalue weighted by atomic mass is 19.3. The van der Waals surface area contributed by atoms with Gasteiger partial charge in [0.25, 0.3) is 5.91 Å². The molecule has 2 atom stereocenters. The van der Waals surface area contributed by atoms with Crippen LogP contribution in [0, 0.1) is 5.92 Å². The molecule has 0 aliphatic carbocycles. The van der Waals surface area contributed by atoms with Crippen LogP contribution in [0.3, 0.4) is 0 Å². The highest BCUT2D eigenvalue weighted by Crippen LogP contribution is 2.27. The third-order valence-corrected chi connectivity index (χ3v) is 3.52. The fourth-order valence-electron chi connectivity index (χ4n) is 2.52. The van der Waals surface area contributed by atoms with Crippen molar-refractivity contribution in [3.8, 4) is 5.75 Å². The molecule has 21 heavy (non-hydrogen) atoms. The summed E-state index contributed by atoms with van der Waals surface area (Å²) in [5.74, 6) is -1.83. The number of carbonyl (C=O) groups excluding carboxylic acids is 1. The van der Waals surface area contributed by atoms with Crippen molar-refractivity contribution >= 4 is 11.9 Å². The van der Waals surface area contributed by atoms with Gasteiger partial charge in [0.05, 0.1) is 0 Å². The second-order valence-electron chi connectivity index (χ2n) is 4.95. The number of rotatable bonds is 4. The fraction of sp³-hybridized carbons (Fsp3) is 0.429. The number of ether oxygens (including phenoxy) is 1. The standard InChI is InChI=1S/C14H15F2NO4/c1-8-5-6-17(11(8)13(19)20)12(18)9-3-2-4-10(7-9)21-14(15)16/h2-4,7-8,11,14H,5-6H2,1H3,(H,19,20). The van der Waals surface area contributed by atoms with Gasteiger partial charge >= 0.3 is 12.6 Å². The molecule has 1 N–H and O–H groups in total. The Labute approximate surface area is 120 Å². The molecule has 1 heterocycles. The Hall–Kier alpha value is -2.18. The summed E-state index contributed by atoms with van der Waals surface area (Å²) in [6.07, 6.45) is 0.593. The lowest BCUT2D eigenvalue weighted by atomic mass is 10.0. The number of carboxylic acid groups (broad SMARTS) is 1. The molecule has 1 aliphatic rings. The maximum absolute atomic E-state index is 12.4. The van der Waals surface area contributed by atoms with Crippen LogP contribution in [0.1, 0.15) is 23.7 Å². The highest BCUT2D eigenvalue weighted by molar-refractivity contribution is 5.97. The van der Waals surface area contributed by atoms with Crippen LogP contribution in [0.15, 0.2) is 24.3 Å². The minimum absolute atomic E-state index is 0.130. The van der Waals surface area contributed by atoms with Crippen LogP contribution in [0.25, 0.3) is 0 Å². The van der Waals surface area contributed by atoms with Crippen LogP contribution in [0.4, 0.5) is 8.78 Å². The van der Waals surface area contributed by atoms with Gasteiger partial charge in [-0.25, -0.2) is 4.79 Å². The zero-order chi connectivity index (χ0) is 15.6. The van der Waals surface area contributed by atoms with Crippen molar-refractivity contribution in [1.82, 2.24) is 4.90 Å². The van der Waals surface area contributed by atoms with Crippen molar-refractivity contribution in [3.63, 3.8) is 0 Å². The van der Waals surface area contributed by atoms with Crippen molar-refractivity contribution in [2.45, 2.75) is 26.0 Å². The molecule has 1 aliphatic heterocycles. The lowest BCUT2D eigenvalue weighted by Gasteiger charge is -2.23. The normalized spacial score (nSPS) is 21.6. The number of halogens is 2. The van der Waals surface area contributed by atoms with Gasteiger partial charge < -0.3 is 14.7 Å². The summed E-state index contributed by atoms with van der Waals surface area (Å²) in [4.78, 5) is 24.9. The maximum Gasteiger partial charge on any atom is 0.387 e. The summed E-state index contributed by atoms with van der Waals surface area (Å²) in [7, 11) is 0. The Morgan fingerprint density at radius 2 is 2.14 bits per heavy atom. The largest absolute Gasteiger partial charge is 0.480 e. The zero-order valence-corrected chi connectivity index (χ0v) is 11.3. The SMILES string of the molecule is CC1CCN(C(=O)c2cccc(OC(F)F)c2)C1C(=O)O. The topological polar surface area (TPSA) is 66.8 Å². The van der Waals surface area contributed by atoms with E-state index in [0.29, 0.717) is 13.0 Å². The first kappa shape index (κ1) is 15.2. The molecular formula is C14H15F2NO4. The molecule has 1 aromatic carbocycles. The molecule has 0 aromatic heterocycles. The van der Waals surface area contributed by atoms with Gasteiger partial charge in [0.1, 0.15) is 11.8 Å². The average molecular weight is 299 g/mol. The summed E-state index contributed by atoms with van der Waals surface area (Å²) in [6, 6.07) is 4.47. The van der Waals surface area contributed by atoms with Crippen LogP contribution in [-0.2, 0) is 4.79 Å².